The van der Waals surface area contributed by atoms with Crippen molar-refractivity contribution in [1.82, 2.24) is 9.78 Å². The number of nitrogens with zero attached hydrogens (tertiary/aromatic N) is 2. The first kappa shape index (κ1) is 12.3. The second-order valence-corrected chi connectivity index (χ2v) is 4.89. The minimum atomic E-state index is -0.489. The second kappa shape index (κ2) is 5.47. The molecule has 1 unspecified atom stereocenters. The van der Waals surface area contributed by atoms with Crippen molar-refractivity contribution in [1.29, 1.82) is 0 Å². The van der Waals surface area contributed by atoms with Crippen molar-refractivity contribution in [3.8, 4) is 0 Å². The molecule has 0 saturated heterocycles. The van der Waals surface area contributed by atoms with Crippen LogP contribution in [0.25, 0.3) is 0 Å². The van der Waals surface area contributed by atoms with Crippen LogP contribution in [0.4, 0.5) is 0 Å². The van der Waals surface area contributed by atoms with E-state index in [0.29, 0.717) is 6.42 Å². The molecule has 17 heavy (non-hydrogen) atoms. The molecular weight excluding hydrogens is 280 g/mol. The fraction of sp³-hybridized carbons (Fsp3) is 0.308. The third-order valence-corrected chi connectivity index (χ3v) is 3.23. The van der Waals surface area contributed by atoms with E-state index in [0.717, 1.165) is 22.1 Å². The van der Waals surface area contributed by atoms with Crippen molar-refractivity contribution in [2.24, 2.45) is 0 Å². The molecule has 1 N–H and O–H groups in total. The molecule has 2 aromatic rings. The molecule has 0 fully saturated rings. The maximum atomic E-state index is 10.1. The van der Waals surface area contributed by atoms with E-state index in [4.69, 9.17) is 0 Å². The highest BCUT2D eigenvalue weighted by Gasteiger charge is 2.10. The number of halogens is 1. The summed E-state index contributed by atoms with van der Waals surface area (Å²) in [6.07, 6.45) is 3.75. The first-order valence-electron chi connectivity index (χ1n) is 5.64. The van der Waals surface area contributed by atoms with Crippen LogP contribution in [0, 0.1) is 0 Å². The van der Waals surface area contributed by atoms with E-state index in [9.17, 15) is 5.11 Å². The van der Waals surface area contributed by atoms with Gasteiger partial charge in [0, 0.05) is 29.2 Å². The summed E-state index contributed by atoms with van der Waals surface area (Å²) in [4.78, 5) is 0. The average Bonchev–Trinajstić information content (AvgIpc) is 2.81. The smallest absolute Gasteiger partial charge is 0.0860 e. The minimum absolute atomic E-state index is 0.489. The highest BCUT2D eigenvalue weighted by atomic mass is 79.9. The van der Waals surface area contributed by atoms with Gasteiger partial charge in [0.05, 0.1) is 12.3 Å². The lowest BCUT2D eigenvalue weighted by atomic mass is 10.0. The maximum Gasteiger partial charge on any atom is 0.0860 e. The predicted octanol–water partition coefficient (Wildman–Crippen LogP) is 2.94. The molecule has 0 bridgehead atoms. The van der Waals surface area contributed by atoms with Gasteiger partial charge in [-0.15, -0.1) is 0 Å². The SMILES string of the molecule is CCn1cc(C(O)Cc2ccc(Br)cc2)cn1. The fourth-order valence-electron chi connectivity index (χ4n) is 1.69. The zero-order chi connectivity index (χ0) is 12.3. The summed E-state index contributed by atoms with van der Waals surface area (Å²) >= 11 is 3.39. The summed E-state index contributed by atoms with van der Waals surface area (Å²) < 4.78 is 2.87. The zero-order valence-electron chi connectivity index (χ0n) is 9.68. The Morgan fingerprint density at radius 3 is 2.65 bits per heavy atom. The molecule has 0 aliphatic rings. The van der Waals surface area contributed by atoms with Crippen LogP contribution in [0.15, 0.2) is 41.1 Å². The average molecular weight is 295 g/mol. The molecule has 2 rings (SSSR count). The quantitative estimate of drug-likeness (QED) is 0.941. The number of aliphatic hydroxyl groups excluding tert-OH is 1. The van der Waals surface area contributed by atoms with Crippen LogP contribution in [-0.4, -0.2) is 14.9 Å². The lowest BCUT2D eigenvalue weighted by molar-refractivity contribution is 0.178. The van der Waals surface area contributed by atoms with Crippen molar-refractivity contribution < 1.29 is 5.11 Å². The Kier molecular flexibility index (Phi) is 3.97. The number of benzene rings is 1. The minimum Gasteiger partial charge on any atom is -0.388 e. The van der Waals surface area contributed by atoms with Crippen LogP contribution in [0.5, 0.6) is 0 Å². The Morgan fingerprint density at radius 2 is 2.06 bits per heavy atom. The number of aliphatic hydroxyl groups is 1. The molecular formula is C13H15BrN2O. The van der Waals surface area contributed by atoms with Crippen LogP contribution >= 0.6 is 15.9 Å². The molecule has 3 nitrogen and oxygen atoms in total. The Bertz CT molecular complexity index is 478. The molecule has 1 heterocycles. The molecule has 4 heteroatoms. The molecule has 0 radical (unpaired) electrons. The van der Waals surface area contributed by atoms with Crippen molar-refractivity contribution in [3.05, 3.63) is 52.3 Å². The van der Waals surface area contributed by atoms with Crippen LogP contribution in [0.2, 0.25) is 0 Å². The Balaban J connectivity index is 2.05. The van der Waals surface area contributed by atoms with E-state index in [2.05, 4.69) is 21.0 Å². The van der Waals surface area contributed by atoms with Gasteiger partial charge < -0.3 is 5.11 Å². The molecule has 1 aromatic carbocycles. The molecule has 1 aromatic heterocycles. The van der Waals surface area contributed by atoms with Crippen LogP contribution < -0.4 is 0 Å². The molecule has 90 valence electrons. The molecule has 0 aliphatic heterocycles. The normalized spacial score (nSPS) is 12.6. The number of aryl methyl sites for hydroxylation is 1. The lowest BCUT2D eigenvalue weighted by Crippen LogP contribution is -2.00. The summed E-state index contributed by atoms with van der Waals surface area (Å²) in [6.45, 7) is 2.85. The van der Waals surface area contributed by atoms with Gasteiger partial charge in [0.15, 0.2) is 0 Å². The van der Waals surface area contributed by atoms with Gasteiger partial charge in [-0.1, -0.05) is 28.1 Å². The first-order valence-corrected chi connectivity index (χ1v) is 6.43. The summed E-state index contributed by atoms with van der Waals surface area (Å²) in [5, 5.41) is 14.2. The number of hydrogen-bond acceptors (Lipinski definition) is 2. The summed E-state index contributed by atoms with van der Waals surface area (Å²) in [7, 11) is 0. The standard InChI is InChI=1S/C13H15BrN2O/c1-2-16-9-11(8-15-16)13(17)7-10-3-5-12(14)6-4-10/h3-6,8-9,13,17H,2,7H2,1H3. The van der Waals surface area contributed by atoms with Crippen molar-refractivity contribution in [2.75, 3.05) is 0 Å². The van der Waals surface area contributed by atoms with Crippen LogP contribution in [0.1, 0.15) is 24.2 Å². The second-order valence-electron chi connectivity index (χ2n) is 3.98. The largest absolute Gasteiger partial charge is 0.388 e. The Hall–Kier alpha value is -1.13. The lowest BCUT2D eigenvalue weighted by Gasteiger charge is -2.08. The fourth-order valence-corrected chi connectivity index (χ4v) is 1.95. The Morgan fingerprint density at radius 1 is 1.35 bits per heavy atom. The van der Waals surface area contributed by atoms with E-state index in [1.54, 1.807) is 6.20 Å². The number of aromatic nitrogens is 2. The van der Waals surface area contributed by atoms with Gasteiger partial charge >= 0.3 is 0 Å². The summed E-state index contributed by atoms with van der Waals surface area (Å²) in [5.41, 5.74) is 1.99. The van der Waals surface area contributed by atoms with E-state index >= 15 is 0 Å². The third kappa shape index (κ3) is 3.17. The highest BCUT2D eigenvalue weighted by molar-refractivity contribution is 9.10. The van der Waals surface area contributed by atoms with Gasteiger partial charge in [0.1, 0.15) is 0 Å². The van der Waals surface area contributed by atoms with Gasteiger partial charge in [-0.3, -0.25) is 4.68 Å². The highest BCUT2D eigenvalue weighted by Crippen LogP contribution is 2.19. The van der Waals surface area contributed by atoms with Crippen LogP contribution in [-0.2, 0) is 13.0 Å². The van der Waals surface area contributed by atoms with Gasteiger partial charge in [0.2, 0.25) is 0 Å². The van der Waals surface area contributed by atoms with Gasteiger partial charge in [-0.25, -0.2) is 0 Å². The van der Waals surface area contributed by atoms with Crippen molar-refractivity contribution in [2.45, 2.75) is 26.0 Å². The summed E-state index contributed by atoms with van der Waals surface area (Å²) in [5.74, 6) is 0. The van der Waals surface area contributed by atoms with Crippen molar-refractivity contribution in [3.63, 3.8) is 0 Å². The molecule has 0 spiro atoms. The monoisotopic (exact) mass is 294 g/mol. The number of rotatable bonds is 4. The summed E-state index contributed by atoms with van der Waals surface area (Å²) in [6, 6.07) is 7.99. The maximum absolute atomic E-state index is 10.1. The van der Waals surface area contributed by atoms with E-state index in [-0.39, 0.29) is 0 Å². The van der Waals surface area contributed by atoms with Gasteiger partial charge in [0.25, 0.3) is 0 Å². The molecule has 1 atom stereocenters. The topological polar surface area (TPSA) is 38.0 Å². The Labute approximate surface area is 109 Å². The zero-order valence-corrected chi connectivity index (χ0v) is 11.3. The van der Waals surface area contributed by atoms with E-state index in [1.807, 2.05) is 42.1 Å². The van der Waals surface area contributed by atoms with Gasteiger partial charge in [-0.05, 0) is 24.6 Å². The molecule has 0 amide bonds. The number of hydrogen-bond donors (Lipinski definition) is 1. The van der Waals surface area contributed by atoms with Crippen molar-refractivity contribution >= 4 is 15.9 Å². The first-order chi connectivity index (χ1) is 8.19. The van der Waals surface area contributed by atoms with Gasteiger partial charge in [-0.2, -0.15) is 5.10 Å². The van der Waals surface area contributed by atoms with E-state index < -0.39 is 6.10 Å². The predicted molar refractivity (Wildman–Crippen MR) is 70.7 cm³/mol. The molecule has 0 aliphatic carbocycles. The van der Waals surface area contributed by atoms with Crippen LogP contribution in [0.3, 0.4) is 0 Å². The third-order valence-electron chi connectivity index (χ3n) is 2.70. The van der Waals surface area contributed by atoms with E-state index in [1.165, 1.54) is 0 Å². The molecule has 0 saturated carbocycles.